The third-order valence-corrected chi connectivity index (χ3v) is 3.58. The summed E-state index contributed by atoms with van der Waals surface area (Å²) in [5, 5.41) is 3.44. The van der Waals surface area contributed by atoms with Crippen molar-refractivity contribution in [3.05, 3.63) is 35.4 Å². The molecule has 0 saturated carbocycles. The maximum absolute atomic E-state index is 13.6. The summed E-state index contributed by atoms with van der Waals surface area (Å²) >= 11 is 0. The Morgan fingerprint density at radius 3 is 2.68 bits per heavy atom. The third kappa shape index (κ3) is 3.98. The maximum Gasteiger partial charge on any atom is 0.129 e. The van der Waals surface area contributed by atoms with Gasteiger partial charge in [-0.05, 0) is 45.2 Å². The highest BCUT2D eigenvalue weighted by Gasteiger charge is 2.21. The molecule has 1 heterocycles. The van der Waals surface area contributed by atoms with Gasteiger partial charge in [-0.15, -0.1) is 0 Å². The first-order chi connectivity index (χ1) is 9.06. The summed E-state index contributed by atoms with van der Waals surface area (Å²) < 4.78 is 32.6. The van der Waals surface area contributed by atoms with E-state index in [0.717, 1.165) is 19.4 Å². The Morgan fingerprint density at radius 1 is 1.37 bits per heavy atom. The fraction of sp³-hybridized carbons (Fsp3) is 0.600. The van der Waals surface area contributed by atoms with Crippen molar-refractivity contribution in [3.63, 3.8) is 0 Å². The van der Waals surface area contributed by atoms with Gasteiger partial charge in [0.15, 0.2) is 0 Å². The molecular formula is C15H21F2NO. The first-order valence-electron chi connectivity index (χ1n) is 6.86. The van der Waals surface area contributed by atoms with Gasteiger partial charge >= 0.3 is 0 Å². The Labute approximate surface area is 113 Å². The Hall–Kier alpha value is -1.00. The molecule has 0 spiro atoms. The molecule has 1 saturated heterocycles. The number of nitrogens with one attached hydrogen (secondary N) is 1. The second-order valence-corrected chi connectivity index (χ2v) is 5.37. The lowest BCUT2D eigenvalue weighted by atomic mass is 10.0. The number of ether oxygens (including phenoxy) is 1. The predicted molar refractivity (Wildman–Crippen MR) is 71.1 cm³/mol. The molecule has 19 heavy (non-hydrogen) atoms. The second kappa shape index (κ2) is 6.44. The van der Waals surface area contributed by atoms with Gasteiger partial charge in [0.25, 0.3) is 0 Å². The summed E-state index contributed by atoms with van der Waals surface area (Å²) in [6, 6.07) is 4.42. The van der Waals surface area contributed by atoms with Crippen molar-refractivity contribution in [2.24, 2.45) is 0 Å². The molecular weight excluding hydrogens is 248 g/mol. The number of benzene rings is 1. The summed E-state index contributed by atoms with van der Waals surface area (Å²) in [6.45, 7) is 4.76. The van der Waals surface area contributed by atoms with Crippen LogP contribution in [0.2, 0.25) is 0 Å². The molecule has 106 valence electrons. The van der Waals surface area contributed by atoms with Crippen LogP contribution in [0.5, 0.6) is 0 Å². The quantitative estimate of drug-likeness (QED) is 0.907. The van der Waals surface area contributed by atoms with Gasteiger partial charge in [0.1, 0.15) is 11.6 Å². The minimum atomic E-state index is -0.464. The van der Waals surface area contributed by atoms with Crippen molar-refractivity contribution < 1.29 is 13.5 Å². The van der Waals surface area contributed by atoms with Gasteiger partial charge in [-0.3, -0.25) is 0 Å². The molecule has 1 N–H and O–H groups in total. The van der Waals surface area contributed by atoms with Crippen LogP contribution in [0.15, 0.2) is 18.2 Å². The summed E-state index contributed by atoms with van der Waals surface area (Å²) in [5.41, 5.74) is 0.169. The van der Waals surface area contributed by atoms with Gasteiger partial charge < -0.3 is 10.1 Å². The van der Waals surface area contributed by atoms with Crippen LogP contribution in [-0.2, 0) is 11.2 Å². The lowest BCUT2D eigenvalue weighted by Crippen LogP contribution is -2.43. The van der Waals surface area contributed by atoms with Gasteiger partial charge in [0, 0.05) is 24.3 Å². The van der Waals surface area contributed by atoms with Gasteiger partial charge in [-0.25, -0.2) is 8.78 Å². The first kappa shape index (κ1) is 14.4. The van der Waals surface area contributed by atoms with Gasteiger partial charge in [0.05, 0.1) is 6.10 Å². The molecule has 0 aromatic heterocycles. The maximum atomic E-state index is 13.6. The highest BCUT2D eigenvalue weighted by Crippen LogP contribution is 2.17. The molecule has 3 unspecified atom stereocenters. The van der Waals surface area contributed by atoms with E-state index in [1.807, 2.05) is 6.92 Å². The van der Waals surface area contributed by atoms with Crippen LogP contribution < -0.4 is 5.32 Å². The molecule has 2 nitrogen and oxygen atoms in total. The van der Waals surface area contributed by atoms with Crippen LogP contribution in [0.1, 0.15) is 32.3 Å². The number of halogens is 2. The van der Waals surface area contributed by atoms with Crippen molar-refractivity contribution in [1.29, 1.82) is 0 Å². The van der Waals surface area contributed by atoms with E-state index in [1.54, 1.807) is 0 Å². The molecule has 0 radical (unpaired) electrons. The third-order valence-electron chi connectivity index (χ3n) is 3.58. The van der Waals surface area contributed by atoms with E-state index in [0.29, 0.717) is 12.5 Å². The van der Waals surface area contributed by atoms with E-state index in [9.17, 15) is 8.78 Å². The lowest BCUT2D eigenvalue weighted by Gasteiger charge is -2.30. The van der Waals surface area contributed by atoms with Crippen LogP contribution in [0, 0.1) is 11.6 Å². The normalized spacial score (nSPS) is 25.3. The largest absolute Gasteiger partial charge is 0.378 e. The zero-order chi connectivity index (χ0) is 13.8. The van der Waals surface area contributed by atoms with Crippen LogP contribution >= 0.6 is 0 Å². The highest BCUT2D eigenvalue weighted by atomic mass is 19.1. The van der Waals surface area contributed by atoms with Crippen LogP contribution in [0.25, 0.3) is 0 Å². The van der Waals surface area contributed by atoms with E-state index in [-0.39, 0.29) is 17.7 Å². The van der Waals surface area contributed by atoms with Crippen LogP contribution in [-0.4, -0.2) is 24.8 Å². The van der Waals surface area contributed by atoms with Gasteiger partial charge in [0.2, 0.25) is 0 Å². The van der Waals surface area contributed by atoms with E-state index in [4.69, 9.17) is 4.74 Å². The predicted octanol–water partition coefficient (Wildman–Crippen LogP) is 3.05. The Kier molecular flexibility index (Phi) is 4.88. The fourth-order valence-corrected chi connectivity index (χ4v) is 2.64. The van der Waals surface area contributed by atoms with Crippen molar-refractivity contribution >= 4 is 0 Å². The molecule has 1 aromatic carbocycles. The highest BCUT2D eigenvalue weighted by molar-refractivity contribution is 5.20. The Morgan fingerprint density at radius 2 is 2.05 bits per heavy atom. The molecule has 3 atom stereocenters. The van der Waals surface area contributed by atoms with Crippen molar-refractivity contribution in [2.75, 3.05) is 6.61 Å². The zero-order valence-electron chi connectivity index (χ0n) is 11.5. The van der Waals surface area contributed by atoms with Gasteiger partial charge in [-0.2, -0.15) is 0 Å². The standard InChI is InChI=1S/C15H21F2NO/c1-10(18-12-6-7-19-11(2)9-12)8-13-14(16)4-3-5-15(13)17/h3-5,10-12,18H,6-9H2,1-2H3. The van der Waals surface area contributed by atoms with Crippen LogP contribution in [0.3, 0.4) is 0 Å². The van der Waals surface area contributed by atoms with Crippen molar-refractivity contribution in [3.8, 4) is 0 Å². The van der Waals surface area contributed by atoms with E-state index < -0.39 is 11.6 Å². The average Bonchev–Trinajstić information content (AvgIpc) is 2.34. The Balaban J connectivity index is 1.92. The minimum absolute atomic E-state index is 0.0432. The fourth-order valence-electron chi connectivity index (χ4n) is 2.64. The first-order valence-corrected chi connectivity index (χ1v) is 6.86. The molecule has 1 aliphatic rings. The van der Waals surface area contributed by atoms with Gasteiger partial charge in [-0.1, -0.05) is 6.07 Å². The van der Waals surface area contributed by atoms with E-state index in [2.05, 4.69) is 12.2 Å². The molecule has 4 heteroatoms. The summed E-state index contributed by atoms with van der Waals surface area (Å²) in [6.07, 6.45) is 2.52. The number of hydrogen-bond acceptors (Lipinski definition) is 2. The summed E-state index contributed by atoms with van der Waals surface area (Å²) in [5.74, 6) is -0.928. The SMILES string of the molecule is CC(Cc1c(F)cccc1F)NC1CCOC(C)C1. The molecule has 1 aromatic rings. The smallest absolute Gasteiger partial charge is 0.129 e. The molecule has 1 fully saturated rings. The molecule has 2 rings (SSSR count). The topological polar surface area (TPSA) is 21.3 Å². The molecule has 0 amide bonds. The number of hydrogen-bond donors (Lipinski definition) is 1. The molecule has 1 aliphatic heterocycles. The average molecular weight is 269 g/mol. The Bertz CT molecular complexity index is 404. The second-order valence-electron chi connectivity index (χ2n) is 5.37. The van der Waals surface area contributed by atoms with Crippen LogP contribution in [0.4, 0.5) is 8.78 Å². The van der Waals surface area contributed by atoms with Crippen molar-refractivity contribution in [1.82, 2.24) is 5.32 Å². The molecule has 0 aliphatic carbocycles. The zero-order valence-corrected chi connectivity index (χ0v) is 11.5. The molecule has 0 bridgehead atoms. The minimum Gasteiger partial charge on any atom is -0.378 e. The lowest BCUT2D eigenvalue weighted by molar-refractivity contribution is 0.0116. The van der Waals surface area contributed by atoms with E-state index in [1.165, 1.54) is 18.2 Å². The number of rotatable bonds is 4. The van der Waals surface area contributed by atoms with Crippen molar-refractivity contribution in [2.45, 2.75) is 51.3 Å². The monoisotopic (exact) mass is 269 g/mol. The summed E-state index contributed by atoms with van der Waals surface area (Å²) in [7, 11) is 0. The van der Waals surface area contributed by atoms with E-state index >= 15 is 0 Å². The summed E-state index contributed by atoms with van der Waals surface area (Å²) in [4.78, 5) is 0.